The number of amides is 2. The van der Waals surface area contributed by atoms with Crippen molar-refractivity contribution in [2.75, 3.05) is 12.0 Å². The first kappa shape index (κ1) is 21.4. The van der Waals surface area contributed by atoms with E-state index in [1.54, 1.807) is 19.2 Å². The lowest BCUT2D eigenvalue weighted by Crippen LogP contribution is -2.35. The lowest BCUT2D eigenvalue weighted by Gasteiger charge is -2.23. The molecule has 4 rings (SSSR count). The molecule has 1 aliphatic carbocycles. The summed E-state index contributed by atoms with van der Waals surface area (Å²) in [5, 5.41) is 3.06. The Morgan fingerprint density at radius 1 is 1.10 bits per heavy atom. The smallest absolute Gasteiger partial charge is 0.258 e. The zero-order chi connectivity index (χ0) is 21.8. The van der Waals surface area contributed by atoms with Crippen LogP contribution < -0.4 is 15.0 Å². The molecule has 1 saturated carbocycles. The maximum absolute atomic E-state index is 13.2. The second-order valence-electron chi connectivity index (χ2n) is 8.89. The van der Waals surface area contributed by atoms with Gasteiger partial charge in [0, 0.05) is 30.3 Å². The van der Waals surface area contributed by atoms with E-state index in [0.717, 1.165) is 35.8 Å². The van der Waals surface area contributed by atoms with Crippen molar-refractivity contribution in [3.63, 3.8) is 0 Å². The molecule has 1 N–H and O–H groups in total. The minimum Gasteiger partial charge on any atom is -0.497 e. The molecule has 2 aliphatic rings. The highest BCUT2D eigenvalue weighted by Crippen LogP contribution is 2.34. The van der Waals surface area contributed by atoms with E-state index in [9.17, 15) is 9.59 Å². The molecule has 0 radical (unpaired) electrons. The molecule has 0 unspecified atom stereocenters. The van der Waals surface area contributed by atoms with Crippen molar-refractivity contribution in [1.82, 2.24) is 5.32 Å². The topological polar surface area (TPSA) is 58.6 Å². The summed E-state index contributed by atoms with van der Waals surface area (Å²) in [4.78, 5) is 27.4. The van der Waals surface area contributed by atoms with Crippen molar-refractivity contribution in [2.24, 2.45) is 5.92 Å². The van der Waals surface area contributed by atoms with Gasteiger partial charge in [-0.05, 0) is 67.1 Å². The Morgan fingerprint density at radius 3 is 2.55 bits per heavy atom. The van der Waals surface area contributed by atoms with Crippen LogP contribution in [0.4, 0.5) is 5.69 Å². The van der Waals surface area contributed by atoms with E-state index < -0.39 is 0 Å². The van der Waals surface area contributed by atoms with Crippen LogP contribution in [0.25, 0.3) is 0 Å². The summed E-state index contributed by atoms with van der Waals surface area (Å²) in [6.45, 7) is 2.57. The molecule has 2 amide bonds. The molecule has 0 saturated heterocycles. The average Bonchev–Trinajstić information content (AvgIpc) is 3.42. The number of carbonyl (C=O) groups is 2. The summed E-state index contributed by atoms with van der Waals surface area (Å²) < 4.78 is 5.20. The van der Waals surface area contributed by atoms with E-state index in [1.807, 2.05) is 17.0 Å². The van der Waals surface area contributed by atoms with Crippen molar-refractivity contribution in [2.45, 2.75) is 64.5 Å². The molecule has 1 aliphatic heterocycles. The van der Waals surface area contributed by atoms with E-state index in [1.165, 1.54) is 31.2 Å². The Hall–Kier alpha value is -2.82. The monoisotopic (exact) mass is 420 g/mol. The number of methoxy groups -OCH3 is 1. The molecule has 0 bridgehead atoms. The molecule has 5 heteroatoms. The Bertz CT molecular complexity index is 932. The van der Waals surface area contributed by atoms with E-state index >= 15 is 0 Å². The zero-order valence-corrected chi connectivity index (χ0v) is 18.5. The van der Waals surface area contributed by atoms with Crippen LogP contribution >= 0.6 is 0 Å². The summed E-state index contributed by atoms with van der Waals surface area (Å²) in [7, 11) is 1.62. The molecule has 0 aromatic heterocycles. The van der Waals surface area contributed by atoms with Crippen LogP contribution in [-0.2, 0) is 17.8 Å². The van der Waals surface area contributed by atoms with Gasteiger partial charge in [-0.3, -0.25) is 9.59 Å². The Balaban J connectivity index is 1.41. The van der Waals surface area contributed by atoms with Crippen LogP contribution in [0.5, 0.6) is 5.75 Å². The van der Waals surface area contributed by atoms with E-state index in [2.05, 4.69) is 30.4 Å². The standard InChI is InChI=1S/C26H32N2O3/c1-18-15-22-9-7-20(17-27-25(29)14-8-19-5-3-4-6-19)16-24(22)28(18)26(30)21-10-12-23(31-2)13-11-21/h7,9-13,16,18-19H,3-6,8,14-15,17H2,1-2H3,(H,27,29)/t18-/m1/s1. The number of fused-ring (bicyclic) bond motifs is 1. The van der Waals surface area contributed by atoms with Crippen LogP contribution in [0.1, 0.15) is 66.9 Å². The first-order valence-electron chi connectivity index (χ1n) is 11.4. The molecule has 5 nitrogen and oxygen atoms in total. The number of ether oxygens (including phenoxy) is 1. The number of nitrogens with one attached hydrogen (secondary N) is 1. The number of rotatable bonds is 7. The number of anilines is 1. The Labute approximate surface area is 184 Å². The number of hydrogen-bond acceptors (Lipinski definition) is 3. The average molecular weight is 421 g/mol. The van der Waals surface area contributed by atoms with Gasteiger partial charge in [-0.1, -0.05) is 37.8 Å². The number of benzene rings is 2. The lowest BCUT2D eigenvalue weighted by molar-refractivity contribution is -0.121. The predicted molar refractivity (Wildman–Crippen MR) is 122 cm³/mol. The SMILES string of the molecule is COc1ccc(C(=O)N2c3cc(CNC(=O)CCC4CCCC4)ccc3C[C@H]2C)cc1. The molecule has 2 aromatic carbocycles. The molecule has 1 fully saturated rings. The van der Waals surface area contributed by atoms with Crippen molar-refractivity contribution in [1.29, 1.82) is 0 Å². The van der Waals surface area contributed by atoms with Crippen molar-refractivity contribution >= 4 is 17.5 Å². The highest BCUT2D eigenvalue weighted by molar-refractivity contribution is 6.07. The molecule has 0 spiro atoms. The highest BCUT2D eigenvalue weighted by atomic mass is 16.5. The number of nitrogens with zero attached hydrogens (tertiary/aromatic N) is 1. The van der Waals surface area contributed by atoms with Gasteiger partial charge >= 0.3 is 0 Å². The molecule has 31 heavy (non-hydrogen) atoms. The minimum atomic E-state index is -0.00773. The highest BCUT2D eigenvalue weighted by Gasteiger charge is 2.31. The first-order chi connectivity index (χ1) is 15.0. The Kier molecular flexibility index (Phi) is 6.59. The van der Waals surface area contributed by atoms with Gasteiger partial charge in [0.2, 0.25) is 5.91 Å². The third-order valence-corrected chi connectivity index (χ3v) is 6.67. The van der Waals surface area contributed by atoms with Crippen LogP contribution in [0, 0.1) is 5.92 Å². The van der Waals surface area contributed by atoms with Crippen molar-refractivity contribution in [3.8, 4) is 5.75 Å². The van der Waals surface area contributed by atoms with Crippen LogP contribution in [0.3, 0.4) is 0 Å². The normalized spacial score (nSPS) is 18.1. The van der Waals surface area contributed by atoms with Gasteiger partial charge in [-0.15, -0.1) is 0 Å². The predicted octanol–water partition coefficient (Wildman–Crippen LogP) is 4.87. The summed E-state index contributed by atoms with van der Waals surface area (Å²) in [6.07, 6.45) is 7.61. The van der Waals surface area contributed by atoms with Crippen LogP contribution in [-0.4, -0.2) is 25.0 Å². The van der Waals surface area contributed by atoms with Gasteiger partial charge in [0.05, 0.1) is 7.11 Å². The Morgan fingerprint density at radius 2 is 1.84 bits per heavy atom. The largest absolute Gasteiger partial charge is 0.497 e. The fourth-order valence-electron chi connectivity index (χ4n) is 4.87. The zero-order valence-electron chi connectivity index (χ0n) is 18.5. The molecule has 2 aromatic rings. The van der Waals surface area contributed by atoms with Gasteiger partial charge in [0.15, 0.2) is 0 Å². The summed E-state index contributed by atoms with van der Waals surface area (Å²) >= 11 is 0. The van der Waals surface area contributed by atoms with Gasteiger partial charge in [0.25, 0.3) is 5.91 Å². The second kappa shape index (κ2) is 9.54. The van der Waals surface area contributed by atoms with Crippen LogP contribution in [0.2, 0.25) is 0 Å². The fourth-order valence-corrected chi connectivity index (χ4v) is 4.87. The van der Waals surface area contributed by atoms with E-state index in [4.69, 9.17) is 4.74 Å². The van der Waals surface area contributed by atoms with Gasteiger partial charge in [-0.2, -0.15) is 0 Å². The van der Waals surface area contributed by atoms with Gasteiger partial charge < -0.3 is 15.0 Å². The summed E-state index contributed by atoms with van der Waals surface area (Å²) in [5.74, 6) is 1.57. The third-order valence-electron chi connectivity index (χ3n) is 6.67. The summed E-state index contributed by atoms with van der Waals surface area (Å²) in [5.41, 5.74) is 3.79. The maximum Gasteiger partial charge on any atom is 0.258 e. The molecule has 1 atom stereocenters. The van der Waals surface area contributed by atoms with E-state index in [-0.39, 0.29) is 17.9 Å². The van der Waals surface area contributed by atoms with Gasteiger partial charge in [-0.25, -0.2) is 0 Å². The maximum atomic E-state index is 13.2. The minimum absolute atomic E-state index is 0.00773. The summed E-state index contributed by atoms with van der Waals surface area (Å²) in [6, 6.07) is 13.5. The lowest BCUT2D eigenvalue weighted by atomic mass is 10.0. The van der Waals surface area contributed by atoms with Crippen LogP contribution in [0.15, 0.2) is 42.5 Å². The molecular formula is C26H32N2O3. The number of carbonyl (C=O) groups excluding carboxylic acids is 2. The third kappa shape index (κ3) is 4.92. The first-order valence-corrected chi connectivity index (χ1v) is 11.4. The molecular weight excluding hydrogens is 388 g/mol. The number of hydrogen-bond donors (Lipinski definition) is 1. The van der Waals surface area contributed by atoms with E-state index in [0.29, 0.717) is 18.5 Å². The van der Waals surface area contributed by atoms with Crippen molar-refractivity contribution in [3.05, 3.63) is 59.2 Å². The molecule has 164 valence electrons. The van der Waals surface area contributed by atoms with Gasteiger partial charge in [0.1, 0.15) is 5.75 Å². The quantitative estimate of drug-likeness (QED) is 0.695. The second-order valence-corrected chi connectivity index (χ2v) is 8.89. The van der Waals surface area contributed by atoms with Crippen molar-refractivity contribution < 1.29 is 14.3 Å². The fraction of sp³-hybridized carbons (Fsp3) is 0.462. The molecule has 1 heterocycles.